The highest BCUT2D eigenvalue weighted by Gasteiger charge is 2.04. The van der Waals surface area contributed by atoms with Gasteiger partial charge in [0.05, 0.1) is 13.2 Å². The Hall–Kier alpha value is -1.13. The molecule has 0 fully saturated rings. The van der Waals surface area contributed by atoms with Crippen molar-refractivity contribution in [2.45, 2.75) is 6.61 Å². The van der Waals surface area contributed by atoms with E-state index in [0.717, 1.165) is 5.69 Å². The topological polar surface area (TPSA) is 32.7 Å². The van der Waals surface area contributed by atoms with Crippen LogP contribution in [0, 0.1) is 5.82 Å². The van der Waals surface area contributed by atoms with Gasteiger partial charge >= 0.3 is 0 Å². The van der Waals surface area contributed by atoms with Crippen LogP contribution in [-0.4, -0.2) is 32.4 Å². The first-order chi connectivity index (χ1) is 7.17. The van der Waals surface area contributed by atoms with Crippen LogP contribution in [0.2, 0.25) is 0 Å². The molecule has 0 radical (unpaired) electrons. The van der Waals surface area contributed by atoms with Gasteiger partial charge < -0.3 is 14.7 Å². The lowest BCUT2D eigenvalue weighted by Gasteiger charge is -2.19. The number of likely N-dealkylation sites (N-methyl/N-ethyl adjacent to an activating group) is 1. The molecule has 0 aliphatic carbocycles. The SMILES string of the molecule is COCCN(C)c1cc(F)cc(CO)c1. The Kier molecular flexibility index (Phi) is 4.52. The summed E-state index contributed by atoms with van der Waals surface area (Å²) in [7, 11) is 3.48. The van der Waals surface area contributed by atoms with Crippen molar-refractivity contribution in [2.75, 3.05) is 32.2 Å². The lowest BCUT2D eigenvalue weighted by molar-refractivity contribution is 0.206. The fraction of sp³-hybridized carbons (Fsp3) is 0.455. The Morgan fingerprint density at radius 1 is 1.40 bits per heavy atom. The zero-order valence-corrected chi connectivity index (χ0v) is 9.03. The summed E-state index contributed by atoms with van der Waals surface area (Å²) in [5.74, 6) is -0.333. The summed E-state index contributed by atoms with van der Waals surface area (Å²) in [5.41, 5.74) is 1.32. The first kappa shape index (κ1) is 11.9. The van der Waals surface area contributed by atoms with Crippen molar-refractivity contribution >= 4 is 5.69 Å². The van der Waals surface area contributed by atoms with Gasteiger partial charge in [0.2, 0.25) is 0 Å². The number of ether oxygens (including phenoxy) is 1. The second-order valence-electron chi connectivity index (χ2n) is 3.39. The van der Waals surface area contributed by atoms with Crippen molar-refractivity contribution in [1.29, 1.82) is 0 Å². The number of aliphatic hydroxyl groups is 1. The maximum absolute atomic E-state index is 13.1. The number of anilines is 1. The highest BCUT2D eigenvalue weighted by Crippen LogP contribution is 2.17. The molecule has 0 atom stereocenters. The highest BCUT2D eigenvalue weighted by molar-refractivity contribution is 5.48. The van der Waals surface area contributed by atoms with E-state index in [0.29, 0.717) is 18.7 Å². The number of hydrogen-bond acceptors (Lipinski definition) is 3. The van der Waals surface area contributed by atoms with Gasteiger partial charge in [-0.1, -0.05) is 0 Å². The Bertz CT molecular complexity index is 317. The van der Waals surface area contributed by atoms with E-state index < -0.39 is 0 Å². The molecule has 0 saturated heterocycles. The predicted octanol–water partition coefficient (Wildman–Crippen LogP) is 1.40. The minimum atomic E-state index is -0.333. The van der Waals surface area contributed by atoms with E-state index in [1.807, 2.05) is 11.9 Å². The van der Waals surface area contributed by atoms with E-state index in [9.17, 15) is 4.39 Å². The first-order valence-corrected chi connectivity index (χ1v) is 4.77. The number of methoxy groups -OCH3 is 1. The summed E-state index contributed by atoms with van der Waals surface area (Å²) in [6.07, 6.45) is 0. The number of hydrogen-bond donors (Lipinski definition) is 1. The van der Waals surface area contributed by atoms with Gasteiger partial charge in [-0.15, -0.1) is 0 Å². The van der Waals surface area contributed by atoms with E-state index >= 15 is 0 Å². The second-order valence-corrected chi connectivity index (χ2v) is 3.39. The van der Waals surface area contributed by atoms with E-state index in [1.54, 1.807) is 13.2 Å². The van der Waals surface area contributed by atoms with Crippen molar-refractivity contribution in [2.24, 2.45) is 0 Å². The number of aliphatic hydroxyl groups excluding tert-OH is 1. The molecule has 0 unspecified atom stereocenters. The highest BCUT2D eigenvalue weighted by atomic mass is 19.1. The average molecular weight is 213 g/mol. The van der Waals surface area contributed by atoms with Gasteiger partial charge in [-0.2, -0.15) is 0 Å². The van der Waals surface area contributed by atoms with Gasteiger partial charge in [0, 0.05) is 26.4 Å². The number of benzene rings is 1. The van der Waals surface area contributed by atoms with Crippen molar-refractivity contribution < 1.29 is 14.2 Å². The van der Waals surface area contributed by atoms with Crippen LogP contribution < -0.4 is 4.90 Å². The van der Waals surface area contributed by atoms with Gasteiger partial charge in [-0.3, -0.25) is 0 Å². The van der Waals surface area contributed by atoms with E-state index in [2.05, 4.69) is 0 Å². The molecule has 0 heterocycles. The molecule has 1 N–H and O–H groups in total. The van der Waals surface area contributed by atoms with Crippen LogP contribution in [0.5, 0.6) is 0 Å². The summed E-state index contributed by atoms with van der Waals surface area (Å²) in [6.45, 7) is 1.12. The van der Waals surface area contributed by atoms with Gasteiger partial charge in [-0.25, -0.2) is 4.39 Å². The fourth-order valence-corrected chi connectivity index (χ4v) is 1.30. The zero-order valence-electron chi connectivity index (χ0n) is 9.03. The van der Waals surface area contributed by atoms with Crippen LogP contribution in [0.15, 0.2) is 18.2 Å². The zero-order chi connectivity index (χ0) is 11.3. The first-order valence-electron chi connectivity index (χ1n) is 4.77. The maximum Gasteiger partial charge on any atom is 0.125 e. The van der Waals surface area contributed by atoms with Gasteiger partial charge in [0.25, 0.3) is 0 Å². The average Bonchev–Trinajstić information content (AvgIpc) is 2.24. The van der Waals surface area contributed by atoms with Crippen LogP contribution >= 0.6 is 0 Å². The molecule has 0 aliphatic rings. The summed E-state index contributed by atoms with van der Waals surface area (Å²) in [5, 5.41) is 8.93. The summed E-state index contributed by atoms with van der Waals surface area (Å²) >= 11 is 0. The molecule has 15 heavy (non-hydrogen) atoms. The lowest BCUT2D eigenvalue weighted by Crippen LogP contribution is -2.22. The summed E-state index contributed by atoms with van der Waals surface area (Å²) in [4.78, 5) is 1.88. The molecule has 4 heteroatoms. The third kappa shape index (κ3) is 3.49. The smallest absolute Gasteiger partial charge is 0.125 e. The van der Waals surface area contributed by atoms with E-state index in [-0.39, 0.29) is 12.4 Å². The molecule has 3 nitrogen and oxygen atoms in total. The quantitative estimate of drug-likeness (QED) is 0.802. The summed E-state index contributed by atoms with van der Waals surface area (Å²) < 4.78 is 18.1. The van der Waals surface area contributed by atoms with Crippen LogP contribution in [0.4, 0.5) is 10.1 Å². The number of nitrogens with zero attached hydrogens (tertiary/aromatic N) is 1. The molecule has 0 aromatic heterocycles. The molecule has 1 aromatic rings. The Morgan fingerprint density at radius 3 is 2.73 bits per heavy atom. The largest absolute Gasteiger partial charge is 0.392 e. The van der Waals surface area contributed by atoms with Crippen molar-refractivity contribution in [1.82, 2.24) is 0 Å². The molecule has 0 aliphatic heterocycles. The lowest BCUT2D eigenvalue weighted by atomic mass is 10.2. The third-order valence-corrected chi connectivity index (χ3v) is 2.20. The van der Waals surface area contributed by atoms with E-state index in [4.69, 9.17) is 9.84 Å². The number of halogens is 1. The van der Waals surface area contributed by atoms with Crippen molar-refractivity contribution in [3.63, 3.8) is 0 Å². The van der Waals surface area contributed by atoms with Crippen LogP contribution in [0.1, 0.15) is 5.56 Å². The predicted molar refractivity (Wildman–Crippen MR) is 57.5 cm³/mol. The van der Waals surface area contributed by atoms with Crippen LogP contribution in [0.3, 0.4) is 0 Å². The summed E-state index contributed by atoms with van der Waals surface area (Å²) in [6, 6.07) is 4.53. The fourth-order valence-electron chi connectivity index (χ4n) is 1.30. The Labute approximate surface area is 89.1 Å². The minimum Gasteiger partial charge on any atom is -0.392 e. The minimum absolute atomic E-state index is 0.150. The molecule has 1 rings (SSSR count). The molecule has 0 saturated carbocycles. The monoisotopic (exact) mass is 213 g/mol. The normalized spacial score (nSPS) is 10.4. The van der Waals surface area contributed by atoms with Gasteiger partial charge in [0.15, 0.2) is 0 Å². The standard InChI is InChI=1S/C11H16FNO2/c1-13(3-4-15-2)11-6-9(8-14)5-10(12)7-11/h5-7,14H,3-4,8H2,1-2H3. The van der Waals surface area contributed by atoms with Crippen LogP contribution in [0.25, 0.3) is 0 Å². The van der Waals surface area contributed by atoms with E-state index in [1.165, 1.54) is 12.1 Å². The Morgan fingerprint density at radius 2 is 2.13 bits per heavy atom. The second kappa shape index (κ2) is 5.68. The molecular formula is C11H16FNO2. The molecule has 0 bridgehead atoms. The van der Waals surface area contributed by atoms with Gasteiger partial charge in [0.1, 0.15) is 5.82 Å². The van der Waals surface area contributed by atoms with Crippen LogP contribution in [-0.2, 0) is 11.3 Å². The molecule has 84 valence electrons. The molecular weight excluding hydrogens is 197 g/mol. The molecule has 0 amide bonds. The molecule has 1 aromatic carbocycles. The maximum atomic E-state index is 13.1. The Balaban J connectivity index is 2.78. The van der Waals surface area contributed by atoms with Gasteiger partial charge in [-0.05, 0) is 23.8 Å². The third-order valence-electron chi connectivity index (χ3n) is 2.20. The van der Waals surface area contributed by atoms with Crippen molar-refractivity contribution in [3.05, 3.63) is 29.6 Å². The van der Waals surface area contributed by atoms with Crippen molar-refractivity contribution in [3.8, 4) is 0 Å². The number of rotatable bonds is 5. The molecule has 0 spiro atoms.